The summed E-state index contributed by atoms with van der Waals surface area (Å²) in [6.45, 7) is -0.213. The molecule has 2 amide bonds. The minimum atomic E-state index is -0.936. The first-order valence-corrected chi connectivity index (χ1v) is 9.03. The number of nitrogens with zero attached hydrogens (tertiary/aromatic N) is 2. The molecule has 0 aliphatic rings. The first-order chi connectivity index (χ1) is 14.5. The number of likely N-dealkylation sites (N-methyl/N-ethyl adjacent to an activating group) is 1. The monoisotopic (exact) mass is 413 g/mol. The van der Waals surface area contributed by atoms with Crippen LogP contribution in [0.25, 0.3) is 0 Å². The van der Waals surface area contributed by atoms with Crippen LogP contribution in [-0.4, -0.2) is 49.7 Å². The summed E-state index contributed by atoms with van der Waals surface area (Å²) in [5.41, 5.74) is 1.57. The van der Waals surface area contributed by atoms with E-state index in [0.29, 0.717) is 0 Å². The van der Waals surface area contributed by atoms with Crippen molar-refractivity contribution in [2.75, 3.05) is 20.7 Å². The van der Waals surface area contributed by atoms with Gasteiger partial charge in [-0.15, -0.1) is 4.99 Å². The Hall–Kier alpha value is -3.88. The molecule has 0 unspecified atom stereocenters. The van der Waals surface area contributed by atoms with E-state index in [9.17, 15) is 14.4 Å². The van der Waals surface area contributed by atoms with Crippen LogP contribution in [0.3, 0.4) is 0 Å². The van der Waals surface area contributed by atoms with Crippen molar-refractivity contribution in [3.8, 4) is 0 Å². The number of ether oxygens (including phenoxy) is 3. The summed E-state index contributed by atoms with van der Waals surface area (Å²) in [5, 5.41) is 2.35. The molecule has 2 aromatic carbocycles. The van der Waals surface area contributed by atoms with Gasteiger partial charge in [-0.2, -0.15) is 0 Å². The third kappa shape index (κ3) is 8.01. The molecule has 0 bridgehead atoms. The molecule has 158 valence electrons. The highest BCUT2D eigenvalue weighted by molar-refractivity contribution is 5.99. The Bertz CT molecular complexity index is 871. The molecule has 0 aliphatic carbocycles. The van der Waals surface area contributed by atoms with Gasteiger partial charge in [0.25, 0.3) is 0 Å². The van der Waals surface area contributed by atoms with E-state index in [2.05, 4.69) is 15.0 Å². The summed E-state index contributed by atoms with van der Waals surface area (Å²) in [6, 6.07) is 18.1. The Morgan fingerprint density at radius 3 is 1.97 bits per heavy atom. The van der Waals surface area contributed by atoms with Crippen molar-refractivity contribution >= 4 is 24.1 Å². The molecule has 0 spiro atoms. The summed E-state index contributed by atoms with van der Waals surface area (Å²) < 4.78 is 14.8. The van der Waals surface area contributed by atoms with E-state index in [1.165, 1.54) is 19.1 Å². The van der Waals surface area contributed by atoms with Crippen LogP contribution in [0.2, 0.25) is 0 Å². The molecule has 2 aromatic rings. The molecule has 0 fully saturated rings. The third-order valence-electron chi connectivity index (χ3n) is 3.78. The molecule has 0 aliphatic heterocycles. The maximum absolute atomic E-state index is 12.1. The molecule has 0 radical (unpaired) electrons. The van der Waals surface area contributed by atoms with Crippen molar-refractivity contribution in [1.82, 2.24) is 10.2 Å². The molecule has 0 aromatic heterocycles. The Morgan fingerprint density at radius 1 is 0.900 bits per heavy atom. The first kappa shape index (κ1) is 22.4. The van der Waals surface area contributed by atoms with Crippen LogP contribution in [0.15, 0.2) is 65.7 Å². The number of hydrogen-bond donors (Lipinski definition) is 1. The van der Waals surface area contributed by atoms with Crippen LogP contribution >= 0.6 is 0 Å². The van der Waals surface area contributed by atoms with E-state index >= 15 is 0 Å². The SMILES string of the molecule is COC(=O)CN(C)/C(=N/C(=O)OCc1ccccc1)NC(=O)OCc1ccccc1. The Morgan fingerprint density at radius 2 is 1.43 bits per heavy atom. The van der Waals surface area contributed by atoms with Crippen LogP contribution in [0.4, 0.5) is 9.59 Å². The molecule has 0 saturated carbocycles. The second-order valence-electron chi connectivity index (χ2n) is 6.09. The Kier molecular flexibility index (Phi) is 8.85. The number of alkyl carbamates (subject to hydrolysis) is 1. The lowest BCUT2D eigenvalue weighted by Gasteiger charge is -2.19. The summed E-state index contributed by atoms with van der Waals surface area (Å²) >= 11 is 0. The fraction of sp³-hybridized carbons (Fsp3) is 0.238. The van der Waals surface area contributed by atoms with Gasteiger partial charge in [-0.1, -0.05) is 60.7 Å². The number of methoxy groups -OCH3 is 1. The molecule has 30 heavy (non-hydrogen) atoms. The first-order valence-electron chi connectivity index (χ1n) is 9.03. The normalized spacial score (nSPS) is 10.7. The highest BCUT2D eigenvalue weighted by atomic mass is 16.6. The maximum atomic E-state index is 12.1. The average Bonchev–Trinajstić information content (AvgIpc) is 2.77. The number of esters is 1. The number of carbonyl (C=O) groups excluding carboxylic acids is 3. The second-order valence-corrected chi connectivity index (χ2v) is 6.09. The van der Waals surface area contributed by atoms with Crippen LogP contribution in [0.1, 0.15) is 11.1 Å². The van der Waals surface area contributed by atoms with E-state index in [1.54, 1.807) is 24.3 Å². The van der Waals surface area contributed by atoms with E-state index in [0.717, 1.165) is 11.1 Å². The highest BCUT2D eigenvalue weighted by Gasteiger charge is 2.17. The van der Waals surface area contributed by atoms with Gasteiger partial charge in [0.2, 0.25) is 5.96 Å². The fourth-order valence-corrected chi connectivity index (χ4v) is 2.23. The van der Waals surface area contributed by atoms with Gasteiger partial charge < -0.3 is 19.1 Å². The van der Waals surface area contributed by atoms with Crippen molar-refractivity contribution in [2.24, 2.45) is 4.99 Å². The smallest absolute Gasteiger partial charge is 0.437 e. The third-order valence-corrected chi connectivity index (χ3v) is 3.78. The van der Waals surface area contributed by atoms with Crippen molar-refractivity contribution in [2.45, 2.75) is 13.2 Å². The standard InChI is InChI=1S/C21H23N3O6/c1-24(13-18(25)28-2)19(22-20(26)29-14-16-9-5-3-6-10-16)23-21(27)30-15-17-11-7-4-8-12-17/h3-12H,13-15H2,1-2H3,(H,22,23,26,27). The van der Waals surface area contributed by atoms with Crippen LogP contribution in [0.5, 0.6) is 0 Å². The van der Waals surface area contributed by atoms with Crippen molar-refractivity contribution in [3.63, 3.8) is 0 Å². The van der Waals surface area contributed by atoms with E-state index in [-0.39, 0.29) is 25.7 Å². The van der Waals surface area contributed by atoms with Gasteiger partial charge in [0.15, 0.2) is 0 Å². The summed E-state index contributed by atoms with van der Waals surface area (Å²) in [5.74, 6) is -0.793. The van der Waals surface area contributed by atoms with Gasteiger partial charge in [0, 0.05) is 7.05 Å². The van der Waals surface area contributed by atoms with E-state index in [1.807, 2.05) is 36.4 Å². The zero-order chi connectivity index (χ0) is 21.8. The molecule has 2 rings (SSSR count). The highest BCUT2D eigenvalue weighted by Crippen LogP contribution is 2.03. The summed E-state index contributed by atoms with van der Waals surface area (Å²) in [4.78, 5) is 40.8. The zero-order valence-electron chi connectivity index (χ0n) is 16.7. The van der Waals surface area contributed by atoms with Gasteiger partial charge in [0.1, 0.15) is 19.8 Å². The number of amides is 2. The lowest BCUT2D eigenvalue weighted by atomic mass is 10.2. The predicted molar refractivity (Wildman–Crippen MR) is 108 cm³/mol. The Labute approximate surface area is 174 Å². The largest absolute Gasteiger partial charge is 0.468 e. The molecule has 0 saturated heterocycles. The minimum absolute atomic E-state index is 0.00955. The molecule has 9 heteroatoms. The molecule has 0 heterocycles. The predicted octanol–water partition coefficient (Wildman–Crippen LogP) is 2.71. The average molecular weight is 413 g/mol. The van der Waals surface area contributed by atoms with Crippen LogP contribution < -0.4 is 5.32 Å². The van der Waals surface area contributed by atoms with Crippen molar-refractivity contribution < 1.29 is 28.6 Å². The number of rotatable bonds is 6. The van der Waals surface area contributed by atoms with Gasteiger partial charge in [-0.25, -0.2) is 9.59 Å². The molecule has 9 nitrogen and oxygen atoms in total. The zero-order valence-corrected chi connectivity index (χ0v) is 16.7. The number of benzene rings is 2. The van der Waals surface area contributed by atoms with Gasteiger partial charge >= 0.3 is 18.2 Å². The minimum Gasteiger partial charge on any atom is -0.468 e. The molecule has 0 atom stereocenters. The number of hydrogen-bond acceptors (Lipinski definition) is 6. The quantitative estimate of drug-likeness (QED) is 0.336. The van der Waals surface area contributed by atoms with E-state index < -0.39 is 18.2 Å². The van der Waals surface area contributed by atoms with Crippen LogP contribution in [-0.2, 0) is 32.2 Å². The second kappa shape index (κ2) is 11.8. The van der Waals surface area contributed by atoms with E-state index in [4.69, 9.17) is 9.47 Å². The maximum Gasteiger partial charge on any atom is 0.437 e. The fourth-order valence-electron chi connectivity index (χ4n) is 2.23. The Balaban J connectivity index is 2.00. The lowest BCUT2D eigenvalue weighted by Crippen LogP contribution is -2.45. The van der Waals surface area contributed by atoms with Crippen molar-refractivity contribution in [3.05, 3.63) is 71.8 Å². The lowest BCUT2D eigenvalue weighted by molar-refractivity contribution is -0.140. The number of guanidine groups is 1. The number of aliphatic imine (C=N–C) groups is 1. The van der Waals surface area contributed by atoms with Crippen LogP contribution in [0, 0.1) is 0 Å². The van der Waals surface area contributed by atoms with Gasteiger partial charge in [0.05, 0.1) is 7.11 Å². The number of carbonyl (C=O) groups is 3. The van der Waals surface area contributed by atoms with Gasteiger partial charge in [-0.3, -0.25) is 10.1 Å². The van der Waals surface area contributed by atoms with Crippen molar-refractivity contribution in [1.29, 1.82) is 0 Å². The molecular weight excluding hydrogens is 390 g/mol. The molecular formula is C21H23N3O6. The topological polar surface area (TPSA) is 107 Å². The summed E-state index contributed by atoms with van der Waals surface area (Å²) in [7, 11) is 2.68. The molecule has 1 N–H and O–H groups in total. The number of nitrogens with one attached hydrogen (secondary N) is 1. The summed E-state index contributed by atoms with van der Waals surface area (Å²) in [6.07, 6.45) is -1.78. The van der Waals surface area contributed by atoms with Gasteiger partial charge in [-0.05, 0) is 11.1 Å².